The van der Waals surface area contributed by atoms with Gasteiger partial charge in [-0.1, -0.05) is 30.3 Å². The summed E-state index contributed by atoms with van der Waals surface area (Å²) in [7, 11) is -3.57. The van der Waals surface area contributed by atoms with Crippen molar-refractivity contribution in [1.29, 1.82) is 0 Å². The van der Waals surface area contributed by atoms with Gasteiger partial charge in [0.25, 0.3) is 0 Å². The number of aryl methyl sites for hydroxylation is 1. The van der Waals surface area contributed by atoms with Crippen LogP contribution in [0.3, 0.4) is 0 Å². The number of thiazole rings is 1. The molecule has 2 heterocycles. The first kappa shape index (κ1) is 19.0. The molecule has 0 radical (unpaired) electrons. The minimum atomic E-state index is -3.57. The summed E-state index contributed by atoms with van der Waals surface area (Å²) in [6.07, 6.45) is 2.73. The van der Waals surface area contributed by atoms with Crippen molar-refractivity contribution in [2.45, 2.75) is 24.7 Å². The zero-order valence-electron chi connectivity index (χ0n) is 15.5. The lowest BCUT2D eigenvalue weighted by Gasteiger charge is -2.30. The van der Waals surface area contributed by atoms with Crippen molar-refractivity contribution in [3.05, 3.63) is 53.5 Å². The van der Waals surface area contributed by atoms with Crippen molar-refractivity contribution in [3.63, 3.8) is 0 Å². The lowest BCUT2D eigenvalue weighted by Crippen LogP contribution is -2.41. The topological polar surface area (TPSA) is 79.4 Å². The Hall–Kier alpha value is -2.29. The summed E-state index contributed by atoms with van der Waals surface area (Å²) >= 11 is 1.43. The van der Waals surface area contributed by atoms with Crippen molar-refractivity contribution in [1.82, 2.24) is 9.29 Å². The Morgan fingerprint density at radius 3 is 2.54 bits per heavy atom. The number of amides is 1. The molecule has 1 aliphatic heterocycles. The van der Waals surface area contributed by atoms with E-state index in [1.807, 2.05) is 37.3 Å². The van der Waals surface area contributed by atoms with E-state index in [2.05, 4.69) is 10.3 Å². The molecular formula is C20H21N3O3S2. The number of hydrogen-bond acceptors (Lipinski definition) is 5. The molecule has 1 amide bonds. The third-order valence-electron chi connectivity index (χ3n) is 5.03. The van der Waals surface area contributed by atoms with E-state index in [0.717, 1.165) is 15.6 Å². The van der Waals surface area contributed by atoms with Gasteiger partial charge in [-0.2, -0.15) is 4.31 Å². The van der Waals surface area contributed by atoms with E-state index >= 15 is 0 Å². The SMILES string of the molecule is Cc1cnc(NC(=O)C2CCN(S(=O)(=O)c3ccc4ccccc4c3)CC2)s1. The maximum absolute atomic E-state index is 13.0. The fraction of sp³-hybridized carbons (Fsp3) is 0.300. The van der Waals surface area contributed by atoms with Crippen LogP contribution in [-0.2, 0) is 14.8 Å². The van der Waals surface area contributed by atoms with Crippen LogP contribution in [-0.4, -0.2) is 36.7 Å². The smallest absolute Gasteiger partial charge is 0.243 e. The lowest BCUT2D eigenvalue weighted by atomic mass is 9.97. The summed E-state index contributed by atoms with van der Waals surface area (Å²) in [5.41, 5.74) is 0. The minimum Gasteiger partial charge on any atom is -0.302 e. The number of nitrogens with zero attached hydrogens (tertiary/aromatic N) is 2. The summed E-state index contributed by atoms with van der Waals surface area (Å²) in [6.45, 7) is 2.61. The van der Waals surface area contributed by atoms with E-state index in [-0.39, 0.29) is 11.8 Å². The van der Waals surface area contributed by atoms with Crippen molar-refractivity contribution in [2.24, 2.45) is 5.92 Å². The number of benzene rings is 2. The number of piperidine rings is 1. The molecule has 8 heteroatoms. The molecule has 0 aliphatic carbocycles. The number of fused-ring (bicyclic) bond motifs is 1. The molecule has 1 aromatic heterocycles. The highest BCUT2D eigenvalue weighted by molar-refractivity contribution is 7.89. The molecule has 0 spiro atoms. The highest BCUT2D eigenvalue weighted by Gasteiger charge is 2.32. The molecule has 1 aliphatic rings. The third kappa shape index (κ3) is 3.80. The maximum Gasteiger partial charge on any atom is 0.243 e. The largest absolute Gasteiger partial charge is 0.302 e. The van der Waals surface area contributed by atoms with E-state index in [1.54, 1.807) is 18.3 Å². The van der Waals surface area contributed by atoms with E-state index in [0.29, 0.717) is 36.0 Å². The van der Waals surface area contributed by atoms with Gasteiger partial charge >= 0.3 is 0 Å². The normalized spacial score (nSPS) is 16.3. The fourth-order valence-electron chi connectivity index (χ4n) is 3.46. The predicted octanol–water partition coefficient (Wildman–Crippen LogP) is 3.64. The Labute approximate surface area is 168 Å². The van der Waals surface area contributed by atoms with E-state index in [1.165, 1.54) is 15.6 Å². The van der Waals surface area contributed by atoms with E-state index < -0.39 is 10.0 Å². The number of anilines is 1. The molecule has 146 valence electrons. The second kappa shape index (κ2) is 7.62. The van der Waals surface area contributed by atoms with Crippen LogP contribution in [0.1, 0.15) is 17.7 Å². The second-order valence-corrected chi connectivity index (χ2v) is 10.1. The van der Waals surface area contributed by atoms with Gasteiger partial charge in [-0.05, 0) is 42.7 Å². The van der Waals surface area contributed by atoms with Crippen LogP contribution in [0.15, 0.2) is 53.6 Å². The van der Waals surface area contributed by atoms with Gasteiger partial charge in [-0.25, -0.2) is 13.4 Å². The Morgan fingerprint density at radius 1 is 1.14 bits per heavy atom. The van der Waals surface area contributed by atoms with Gasteiger partial charge in [0.15, 0.2) is 5.13 Å². The third-order valence-corrected chi connectivity index (χ3v) is 7.76. The summed E-state index contributed by atoms with van der Waals surface area (Å²) in [6, 6.07) is 12.9. The van der Waals surface area contributed by atoms with Crippen LogP contribution >= 0.6 is 11.3 Å². The Morgan fingerprint density at radius 2 is 1.86 bits per heavy atom. The molecule has 0 atom stereocenters. The molecule has 1 N–H and O–H groups in total. The highest BCUT2D eigenvalue weighted by atomic mass is 32.2. The fourth-order valence-corrected chi connectivity index (χ4v) is 5.63. The standard InChI is InChI=1S/C20H21N3O3S2/c1-14-13-21-20(27-14)22-19(24)16-8-10-23(11-9-16)28(25,26)18-7-6-15-4-2-3-5-17(15)12-18/h2-7,12-13,16H,8-11H2,1H3,(H,21,22,24). The molecule has 0 unspecified atom stereocenters. The summed E-state index contributed by atoms with van der Waals surface area (Å²) in [5.74, 6) is -0.288. The molecule has 2 aromatic carbocycles. The average Bonchev–Trinajstić information content (AvgIpc) is 3.12. The summed E-state index contributed by atoms with van der Waals surface area (Å²) in [4.78, 5) is 17.9. The van der Waals surface area contributed by atoms with Gasteiger partial charge in [0.1, 0.15) is 0 Å². The van der Waals surface area contributed by atoms with Crippen LogP contribution < -0.4 is 5.32 Å². The van der Waals surface area contributed by atoms with Crippen LogP contribution in [0, 0.1) is 12.8 Å². The number of aromatic nitrogens is 1. The first-order valence-electron chi connectivity index (χ1n) is 9.16. The Kier molecular flexibility index (Phi) is 5.18. The first-order valence-corrected chi connectivity index (χ1v) is 11.4. The van der Waals surface area contributed by atoms with Crippen molar-refractivity contribution >= 4 is 43.2 Å². The zero-order chi connectivity index (χ0) is 19.7. The molecule has 3 aromatic rings. The monoisotopic (exact) mass is 415 g/mol. The van der Waals surface area contributed by atoms with Gasteiger partial charge in [0.05, 0.1) is 4.90 Å². The quantitative estimate of drug-likeness (QED) is 0.705. The van der Waals surface area contributed by atoms with Gasteiger partial charge in [-0.3, -0.25) is 4.79 Å². The minimum absolute atomic E-state index is 0.0860. The number of carbonyl (C=O) groups is 1. The molecule has 6 nitrogen and oxygen atoms in total. The van der Waals surface area contributed by atoms with Crippen LogP contribution in [0.2, 0.25) is 0 Å². The number of rotatable bonds is 4. The second-order valence-electron chi connectivity index (χ2n) is 6.95. The average molecular weight is 416 g/mol. The highest BCUT2D eigenvalue weighted by Crippen LogP contribution is 2.27. The van der Waals surface area contributed by atoms with Gasteiger partial charge in [0, 0.05) is 30.1 Å². The lowest BCUT2D eigenvalue weighted by molar-refractivity contribution is -0.120. The van der Waals surface area contributed by atoms with Gasteiger partial charge in [0.2, 0.25) is 15.9 Å². The Balaban J connectivity index is 1.43. The maximum atomic E-state index is 13.0. The Bertz CT molecular complexity index is 1120. The zero-order valence-corrected chi connectivity index (χ0v) is 17.1. The number of carbonyl (C=O) groups excluding carboxylic acids is 1. The number of sulfonamides is 1. The summed E-state index contributed by atoms with van der Waals surface area (Å²) in [5, 5.41) is 5.34. The van der Waals surface area contributed by atoms with Gasteiger partial charge < -0.3 is 5.32 Å². The molecule has 0 bridgehead atoms. The molecule has 0 saturated carbocycles. The van der Waals surface area contributed by atoms with E-state index in [4.69, 9.17) is 0 Å². The van der Waals surface area contributed by atoms with Gasteiger partial charge in [-0.15, -0.1) is 11.3 Å². The summed E-state index contributed by atoms with van der Waals surface area (Å²) < 4.78 is 27.5. The van der Waals surface area contributed by atoms with E-state index in [9.17, 15) is 13.2 Å². The number of nitrogens with one attached hydrogen (secondary N) is 1. The van der Waals surface area contributed by atoms with Crippen LogP contribution in [0.5, 0.6) is 0 Å². The molecule has 1 fully saturated rings. The van der Waals surface area contributed by atoms with Crippen LogP contribution in [0.4, 0.5) is 5.13 Å². The molecule has 1 saturated heterocycles. The van der Waals surface area contributed by atoms with Crippen molar-refractivity contribution in [3.8, 4) is 0 Å². The van der Waals surface area contributed by atoms with Crippen molar-refractivity contribution < 1.29 is 13.2 Å². The predicted molar refractivity (Wildman–Crippen MR) is 111 cm³/mol. The molecular weight excluding hydrogens is 394 g/mol. The van der Waals surface area contributed by atoms with Crippen LogP contribution in [0.25, 0.3) is 10.8 Å². The first-order chi connectivity index (χ1) is 13.4. The van der Waals surface area contributed by atoms with Crippen molar-refractivity contribution in [2.75, 3.05) is 18.4 Å². The number of hydrogen-bond donors (Lipinski definition) is 1. The molecule has 28 heavy (non-hydrogen) atoms. The molecule has 4 rings (SSSR count).